The van der Waals surface area contributed by atoms with Crippen molar-refractivity contribution >= 4 is 15.9 Å². The van der Waals surface area contributed by atoms with Crippen molar-refractivity contribution in [1.82, 2.24) is 5.32 Å². The van der Waals surface area contributed by atoms with Crippen LogP contribution in [0, 0.1) is 6.92 Å². The molecule has 0 radical (unpaired) electrons. The molecule has 0 fully saturated rings. The van der Waals surface area contributed by atoms with Gasteiger partial charge in [-0.3, -0.25) is 0 Å². The molecule has 1 aromatic carbocycles. The molecule has 1 heterocycles. The second-order valence-electron chi connectivity index (χ2n) is 4.78. The molecule has 2 heteroatoms. The zero-order valence-corrected chi connectivity index (χ0v) is 10.5. The van der Waals surface area contributed by atoms with Gasteiger partial charge in [0.05, 0.1) is 0 Å². The molecule has 1 aliphatic heterocycles. The monoisotopic (exact) mass is 253 g/mol. The van der Waals surface area contributed by atoms with Gasteiger partial charge in [-0.1, -0.05) is 22.0 Å². The van der Waals surface area contributed by atoms with Crippen LogP contribution in [0.2, 0.25) is 0 Å². The van der Waals surface area contributed by atoms with Crippen molar-refractivity contribution in [2.24, 2.45) is 0 Å². The Hall–Kier alpha value is -0.340. The first-order valence-electron chi connectivity index (χ1n) is 5.01. The Labute approximate surface area is 94.0 Å². The predicted octanol–water partition coefficient (Wildman–Crippen LogP) is 3.18. The minimum Gasteiger partial charge on any atom is -0.307 e. The van der Waals surface area contributed by atoms with Gasteiger partial charge in [-0.2, -0.15) is 0 Å². The SMILES string of the molecule is Cc1cc2c(cc1Br)CNC(C)(C)C2. The second-order valence-corrected chi connectivity index (χ2v) is 5.64. The van der Waals surface area contributed by atoms with Crippen molar-refractivity contribution < 1.29 is 0 Å². The molecule has 0 amide bonds. The van der Waals surface area contributed by atoms with Crippen LogP contribution in [0.3, 0.4) is 0 Å². The van der Waals surface area contributed by atoms with Crippen molar-refractivity contribution in [3.05, 3.63) is 33.3 Å². The lowest BCUT2D eigenvalue weighted by Crippen LogP contribution is -2.44. The zero-order valence-electron chi connectivity index (χ0n) is 8.95. The number of nitrogens with one attached hydrogen (secondary N) is 1. The van der Waals surface area contributed by atoms with Gasteiger partial charge in [0.1, 0.15) is 0 Å². The molecule has 1 aliphatic rings. The molecule has 0 bridgehead atoms. The second kappa shape index (κ2) is 3.35. The fourth-order valence-corrected chi connectivity index (χ4v) is 2.38. The summed E-state index contributed by atoms with van der Waals surface area (Å²) in [5.74, 6) is 0. The van der Waals surface area contributed by atoms with E-state index in [1.54, 1.807) is 0 Å². The lowest BCUT2D eigenvalue weighted by molar-refractivity contribution is 0.362. The Bertz CT molecular complexity index is 369. The highest BCUT2D eigenvalue weighted by atomic mass is 79.9. The Morgan fingerprint density at radius 1 is 1.29 bits per heavy atom. The highest BCUT2D eigenvalue weighted by molar-refractivity contribution is 9.10. The normalized spacial score (nSPS) is 19.1. The average molecular weight is 254 g/mol. The first-order chi connectivity index (χ1) is 6.48. The van der Waals surface area contributed by atoms with Crippen LogP contribution in [-0.4, -0.2) is 5.54 Å². The van der Waals surface area contributed by atoms with E-state index in [2.05, 4.69) is 54.2 Å². The van der Waals surface area contributed by atoms with Crippen LogP contribution >= 0.6 is 15.9 Å². The summed E-state index contributed by atoms with van der Waals surface area (Å²) in [6, 6.07) is 4.55. The van der Waals surface area contributed by atoms with E-state index in [1.807, 2.05) is 0 Å². The number of fused-ring (bicyclic) bond motifs is 1. The van der Waals surface area contributed by atoms with Crippen LogP contribution in [0.25, 0.3) is 0 Å². The number of aryl methyl sites for hydroxylation is 1. The highest BCUT2D eigenvalue weighted by Crippen LogP contribution is 2.27. The van der Waals surface area contributed by atoms with Crippen molar-refractivity contribution in [3.63, 3.8) is 0 Å². The molecule has 1 nitrogen and oxygen atoms in total. The maximum absolute atomic E-state index is 3.58. The molecule has 1 aromatic rings. The highest BCUT2D eigenvalue weighted by Gasteiger charge is 2.24. The Balaban J connectivity index is 2.43. The average Bonchev–Trinajstić information content (AvgIpc) is 2.07. The summed E-state index contributed by atoms with van der Waals surface area (Å²) in [6.45, 7) is 7.65. The van der Waals surface area contributed by atoms with Gasteiger partial charge in [0.25, 0.3) is 0 Å². The van der Waals surface area contributed by atoms with E-state index in [0.717, 1.165) is 13.0 Å². The zero-order chi connectivity index (χ0) is 10.3. The van der Waals surface area contributed by atoms with Crippen molar-refractivity contribution in [2.75, 3.05) is 0 Å². The van der Waals surface area contributed by atoms with E-state index in [0.29, 0.717) is 0 Å². The van der Waals surface area contributed by atoms with Crippen molar-refractivity contribution in [2.45, 2.75) is 39.3 Å². The summed E-state index contributed by atoms with van der Waals surface area (Å²) in [7, 11) is 0. The predicted molar refractivity (Wildman–Crippen MR) is 63.5 cm³/mol. The third-order valence-electron chi connectivity index (χ3n) is 2.87. The topological polar surface area (TPSA) is 12.0 Å². The Morgan fingerprint density at radius 2 is 2.00 bits per heavy atom. The first kappa shape index (κ1) is 10.2. The van der Waals surface area contributed by atoms with Gasteiger partial charge in [-0.15, -0.1) is 0 Å². The number of hydrogen-bond acceptors (Lipinski definition) is 1. The molecule has 2 rings (SSSR count). The Kier molecular flexibility index (Phi) is 2.44. The molecule has 0 spiro atoms. The first-order valence-corrected chi connectivity index (χ1v) is 5.80. The van der Waals surface area contributed by atoms with Gasteiger partial charge in [0, 0.05) is 16.6 Å². The van der Waals surface area contributed by atoms with Gasteiger partial charge in [0.2, 0.25) is 0 Å². The lowest BCUT2D eigenvalue weighted by atomic mass is 9.87. The maximum atomic E-state index is 3.58. The van der Waals surface area contributed by atoms with E-state index in [4.69, 9.17) is 0 Å². The van der Waals surface area contributed by atoms with Crippen molar-refractivity contribution in [1.29, 1.82) is 0 Å². The van der Waals surface area contributed by atoms with E-state index in [1.165, 1.54) is 21.2 Å². The maximum Gasteiger partial charge on any atom is 0.0213 e. The molecule has 0 aromatic heterocycles. The van der Waals surface area contributed by atoms with Gasteiger partial charge in [0.15, 0.2) is 0 Å². The summed E-state index contributed by atoms with van der Waals surface area (Å²) in [5, 5.41) is 3.54. The van der Waals surface area contributed by atoms with E-state index < -0.39 is 0 Å². The minimum atomic E-state index is 0.243. The standard InChI is InChI=1S/C12H16BrN/c1-8-4-9-6-12(2,3)14-7-10(9)5-11(8)13/h4-5,14H,6-7H2,1-3H3. The van der Waals surface area contributed by atoms with Gasteiger partial charge >= 0.3 is 0 Å². The molecular weight excluding hydrogens is 238 g/mol. The van der Waals surface area contributed by atoms with E-state index in [9.17, 15) is 0 Å². The van der Waals surface area contributed by atoms with Crippen LogP contribution in [-0.2, 0) is 13.0 Å². The molecule has 0 aliphatic carbocycles. The summed E-state index contributed by atoms with van der Waals surface area (Å²) < 4.78 is 1.22. The molecule has 0 unspecified atom stereocenters. The molecule has 0 saturated heterocycles. The smallest absolute Gasteiger partial charge is 0.0213 e. The molecule has 0 saturated carbocycles. The van der Waals surface area contributed by atoms with Crippen LogP contribution in [0.4, 0.5) is 0 Å². The molecule has 1 N–H and O–H groups in total. The third kappa shape index (κ3) is 1.86. The number of hydrogen-bond donors (Lipinski definition) is 1. The summed E-state index contributed by atoms with van der Waals surface area (Å²) in [4.78, 5) is 0. The fraction of sp³-hybridized carbons (Fsp3) is 0.500. The van der Waals surface area contributed by atoms with E-state index >= 15 is 0 Å². The Morgan fingerprint density at radius 3 is 2.71 bits per heavy atom. The van der Waals surface area contributed by atoms with Crippen LogP contribution in [0.1, 0.15) is 30.5 Å². The van der Waals surface area contributed by atoms with Gasteiger partial charge in [-0.05, 0) is 49.9 Å². The number of rotatable bonds is 0. The molecule has 0 atom stereocenters. The molecule has 14 heavy (non-hydrogen) atoms. The van der Waals surface area contributed by atoms with Crippen LogP contribution in [0.5, 0.6) is 0 Å². The van der Waals surface area contributed by atoms with Gasteiger partial charge in [-0.25, -0.2) is 0 Å². The van der Waals surface area contributed by atoms with Crippen LogP contribution in [0.15, 0.2) is 16.6 Å². The fourth-order valence-electron chi connectivity index (χ4n) is 1.98. The molecule has 76 valence electrons. The largest absolute Gasteiger partial charge is 0.307 e. The van der Waals surface area contributed by atoms with Crippen LogP contribution < -0.4 is 5.32 Å². The number of benzene rings is 1. The quantitative estimate of drug-likeness (QED) is 0.749. The number of halogens is 1. The summed E-state index contributed by atoms with van der Waals surface area (Å²) >= 11 is 3.58. The van der Waals surface area contributed by atoms with Crippen molar-refractivity contribution in [3.8, 4) is 0 Å². The minimum absolute atomic E-state index is 0.243. The third-order valence-corrected chi connectivity index (χ3v) is 3.72. The van der Waals surface area contributed by atoms with Gasteiger partial charge < -0.3 is 5.32 Å². The lowest BCUT2D eigenvalue weighted by Gasteiger charge is -2.33. The molecular formula is C12H16BrN. The van der Waals surface area contributed by atoms with E-state index in [-0.39, 0.29) is 5.54 Å². The summed E-state index contributed by atoms with van der Waals surface area (Å²) in [5.41, 5.74) is 4.51. The summed E-state index contributed by atoms with van der Waals surface area (Å²) in [6.07, 6.45) is 1.12.